The summed E-state index contributed by atoms with van der Waals surface area (Å²) in [5.41, 5.74) is 7.15. The van der Waals surface area contributed by atoms with Gasteiger partial charge < -0.3 is 10.6 Å². The molecule has 1 saturated heterocycles. The number of nitrogens with zero attached hydrogens (tertiary/aromatic N) is 2. The van der Waals surface area contributed by atoms with E-state index >= 15 is 0 Å². The van der Waals surface area contributed by atoms with Crippen LogP contribution in [-0.4, -0.2) is 49.1 Å². The molecule has 1 aromatic rings. The minimum absolute atomic E-state index is 0.212. The number of nitrogens with two attached hydrogens (primary N) is 1. The fourth-order valence-electron chi connectivity index (χ4n) is 2.86. The summed E-state index contributed by atoms with van der Waals surface area (Å²) in [7, 11) is 0. The molecule has 2 N–H and O–H groups in total. The van der Waals surface area contributed by atoms with Gasteiger partial charge in [-0.1, -0.05) is 34.5 Å². The molecule has 5 heteroatoms. The molecule has 2 rings (SSSR count). The van der Waals surface area contributed by atoms with Crippen LogP contribution in [0.3, 0.4) is 0 Å². The van der Waals surface area contributed by atoms with Gasteiger partial charge in [-0.2, -0.15) is 0 Å². The molecule has 1 unspecified atom stereocenters. The van der Waals surface area contributed by atoms with Crippen LogP contribution in [0.4, 0.5) is 0 Å². The Morgan fingerprint density at radius 3 is 2.60 bits per heavy atom. The lowest BCUT2D eigenvalue weighted by Gasteiger charge is -2.39. The molecular weight excluding hydrogens is 338 g/mol. The fourth-order valence-corrected chi connectivity index (χ4v) is 3.48. The lowest BCUT2D eigenvalue weighted by Crippen LogP contribution is -2.49. The fraction of sp³-hybridized carbons (Fsp3) is 0.600. The zero-order valence-corrected chi connectivity index (χ0v) is 14.3. The van der Waals surface area contributed by atoms with E-state index in [1.165, 1.54) is 13.0 Å². The Morgan fingerprint density at radius 1 is 1.30 bits per heavy atom. The first-order valence-electron chi connectivity index (χ1n) is 7.27. The first kappa shape index (κ1) is 16.2. The summed E-state index contributed by atoms with van der Waals surface area (Å²) in [6.45, 7) is 8.39. The van der Waals surface area contributed by atoms with E-state index in [1.54, 1.807) is 0 Å². The van der Waals surface area contributed by atoms with Gasteiger partial charge in [-0.3, -0.25) is 4.90 Å². The van der Waals surface area contributed by atoms with Gasteiger partial charge in [0.25, 0.3) is 0 Å². The molecule has 20 heavy (non-hydrogen) atoms. The molecular formula is C15H23BrClN3. The highest BCUT2D eigenvalue weighted by molar-refractivity contribution is 9.10. The third kappa shape index (κ3) is 3.95. The van der Waals surface area contributed by atoms with E-state index < -0.39 is 0 Å². The summed E-state index contributed by atoms with van der Waals surface area (Å²) >= 11 is 9.88. The standard InChI is InChI=1S/C15H23BrClN3/c1-2-5-19-6-8-20(9-7-19)15(11-18)13-10-12(16)3-4-14(13)17/h3-4,10,15H,2,5-9,11,18H2,1H3. The van der Waals surface area contributed by atoms with Crippen LogP contribution in [0, 0.1) is 0 Å². The lowest BCUT2D eigenvalue weighted by molar-refractivity contribution is 0.0986. The third-order valence-electron chi connectivity index (χ3n) is 3.93. The minimum atomic E-state index is 0.212. The van der Waals surface area contributed by atoms with Crippen LogP contribution in [0.5, 0.6) is 0 Å². The Balaban J connectivity index is 2.07. The van der Waals surface area contributed by atoms with Crippen molar-refractivity contribution in [3.8, 4) is 0 Å². The maximum Gasteiger partial charge on any atom is 0.0486 e. The first-order valence-corrected chi connectivity index (χ1v) is 8.44. The number of halogens is 2. The first-order chi connectivity index (χ1) is 9.65. The molecule has 0 radical (unpaired) electrons. The van der Waals surface area contributed by atoms with Crippen molar-refractivity contribution in [1.29, 1.82) is 0 Å². The monoisotopic (exact) mass is 359 g/mol. The van der Waals surface area contributed by atoms with E-state index in [-0.39, 0.29) is 6.04 Å². The summed E-state index contributed by atoms with van der Waals surface area (Å²) in [5.74, 6) is 0. The van der Waals surface area contributed by atoms with Crippen LogP contribution in [0.1, 0.15) is 24.9 Å². The highest BCUT2D eigenvalue weighted by Gasteiger charge is 2.25. The van der Waals surface area contributed by atoms with Crippen LogP contribution < -0.4 is 5.73 Å². The van der Waals surface area contributed by atoms with Gasteiger partial charge in [-0.15, -0.1) is 0 Å². The highest BCUT2D eigenvalue weighted by Crippen LogP contribution is 2.30. The van der Waals surface area contributed by atoms with Gasteiger partial charge in [0.2, 0.25) is 0 Å². The summed E-state index contributed by atoms with van der Waals surface area (Å²) in [5, 5.41) is 0.805. The molecule has 0 aliphatic carbocycles. The molecule has 3 nitrogen and oxygen atoms in total. The average Bonchev–Trinajstić information content (AvgIpc) is 2.45. The van der Waals surface area contributed by atoms with Crippen LogP contribution in [-0.2, 0) is 0 Å². The van der Waals surface area contributed by atoms with Gasteiger partial charge in [0, 0.05) is 48.3 Å². The van der Waals surface area contributed by atoms with Crippen molar-refractivity contribution in [3.63, 3.8) is 0 Å². The zero-order chi connectivity index (χ0) is 14.5. The summed E-state index contributed by atoms with van der Waals surface area (Å²) < 4.78 is 1.06. The van der Waals surface area contributed by atoms with Gasteiger partial charge in [-0.05, 0) is 36.7 Å². The third-order valence-corrected chi connectivity index (χ3v) is 4.77. The molecule has 1 atom stereocenters. The van der Waals surface area contributed by atoms with Crippen LogP contribution in [0.2, 0.25) is 5.02 Å². The Bertz CT molecular complexity index is 433. The lowest BCUT2D eigenvalue weighted by atomic mass is 10.0. The molecule has 112 valence electrons. The summed E-state index contributed by atoms with van der Waals surface area (Å²) in [6.07, 6.45) is 1.22. The SMILES string of the molecule is CCCN1CCN(C(CN)c2cc(Br)ccc2Cl)CC1. The molecule has 0 amide bonds. The molecule has 1 aliphatic rings. The number of hydrogen-bond acceptors (Lipinski definition) is 3. The molecule has 1 fully saturated rings. The van der Waals surface area contributed by atoms with Crippen molar-refractivity contribution in [3.05, 3.63) is 33.3 Å². The van der Waals surface area contributed by atoms with Crippen molar-refractivity contribution in [2.45, 2.75) is 19.4 Å². The van der Waals surface area contributed by atoms with E-state index in [0.717, 1.165) is 41.2 Å². The van der Waals surface area contributed by atoms with Crippen molar-refractivity contribution in [1.82, 2.24) is 9.80 Å². The normalized spacial score (nSPS) is 19.2. The molecule has 0 spiro atoms. The Hall–Kier alpha value is -0.130. The van der Waals surface area contributed by atoms with Crippen molar-refractivity contribution < 1.29 is 0 Å². The van der Waals surface area contributed by atoms with Crippen molar-refractivity contribution in [2.75, 3.05) is 39.3 Å². The van der Waals surface area contributed by atoms with Gasteiger partial charge >= 0.3 is 0 Å². The number of piperazine rings is 1. The minimum Gasteiger partial charge on any atom is -0.329 e. The van der Waals surface area contributed by atoms with Crippen molar-refractivity contribution in [2.24, 2.45) is 5.73 Å². The van der Waals surface area contributed by atoms with E-state index in [2.05, 4.69) is 38.7 Å². The Morgan fingerprint density at radius 2 is 2.00 bits per heavy atom. The molecule has 0 saturated carbocycles. The Kier molecular flexibility index (Phi) is 6.30. The van der Waals surface area contributed by atoms with Gasteiger partial charge in [-0.25, -0.2) is 0 Å². The van der Waals surface area contributed by atoms with Crippen LogP contribution in [0.15, 0.2) is 22.7 Å². The van der Waals surface area contributed by atoms with E-state index in [4.69, 9.17) is 17.3 Å². The highest BCUT2D eigenvalue weighted by atomic mass is 79.9. The van der Waals surface area contributed by atoms with E-state index in [1.807, 2.05) is 12.1 Å². The van der Waals surface area contributed by atoms with E-state index in [0.29, 0.717) is 6.54 Å². The summed E-state index contributed by atoms with van der Waals surface area (Å²) in [4.78, 5) is 4.98. The van der Waals surface area contributed by atoms with Crippen LogP contribution in [0.25, 0.3) is 0 Å². The van der Waals surface area contributed by atoms with E-state index in [9.17, 15) is 0 Å². The topological polar surface area (TPSA) is 32.5 Å². The Labute approximate surface area is 135 Å². The predicted octanol–water partition coefficient (Wildman–Crippen LogP) is 3.13. The average molecular weight is 361 g/mol. The molecule has 1 heterocycles. The number of rotatable bonds is 5. The van der Waals surface area contributed by atoms with Crippen molar-refractivity contribution >= 4 is 27.5 Å². The second kappa shape index (κ2) is 7.76. The smallest absolute Gasteiger partial charge is 0.0486 e. The van der Waals surface area contributed by atoms with Gasteiger partial charge in [0.1, 0.15) is 0 Å². The molecule has 1 aromatic carbocycles. The second-order valence-electron chi connectivity index (χ2n) is 5.29. The molecule has 0 bridgehead atoms. The van der Waals surface area contributed by atoms with Gasteiger partial charge in [0.05, 0.1) is 0 Å². The maximum atomic E-state index is 6.35. The summed E-state index contributed by atoms with van der Waals surface area (Å²) in [6, 6.07) is 6.22. The number of hydrogen-bond donors (Lipinski definition) is 1. The molecule has 0 aromatic heterocycles. The van der Waals surface area contributed by atoms with Gasteiger partial charge in [0.15, 0.2) is 0 Å². The zero-order valence-electron chi connectivity index (χ0n) is 12.0. The number of benzene rings is 1. The van der Waals surface area contributed by atoms with Crippen LogP contribution >= 0.6 is 27.5 Å². The predicted molar refractivity (Wildman–Crippen MR) is 89.3 cm³/mol. The molecule has 1 aliphatic heterocycles. The largest absolute Gasteiger partial charge is 0.329 e. The maximum absolute atomic E-state index is 6.35. The second-order valence-corrected chi connectivity index (χ2v) is 6.62. The quantitative estimate of drug-likeness (QED) is 0.875.